The van der Waals surface area contributed by atoms with Crippen LogP contribution in [0.25, 0.3) is 5.78 Å². The number of nitrogens with zero attached hydrogens (tertiary/aromatic N) is 5. The van der Waals surface area contributed by atoms with Crippen molar-refractivity contribution in [1.82, 2.24) is 19.6 Å². The van der Waals surface area contributed by atoms with Gasteiger partial charge in [-0.2, -0.15) is 4.98 Å². The van der Waals surface area contributed by atoms with E-state index in [0.717, 1.165) is 36.5 Å². The topological polar surface area (TPSA) is 63.4 Å². The SMILES string of the molecule is Cc1cc(C)n2nc(S[C@@H](C)C(=O)N3CCCc4ccccc43)nc2n1. The summed E-state index contributed by atoms with van der Waals surface area (Å²) in [4.78, 5) is 23.8. The Labute approximate surface area is 156 Å². The molecule has 0 saturated carbocycles. The summed E-state index contributed by atoms with van der Waals surface area (Å²) in [5.41, 5.74) is 4.17. The average Bonchev–Trinajstić information content (AvgIpc) is 3.03. The van der Waals surface area contributed by atoms with Gasteiger partial charge in [-0.15, -0.1) is 5.10 Å². The Balaban J connectivity index is 1.56. The normalized spacial score (nSPS) is 15.1. The summed E-state index contributed by atoms with van der Waals surface area (Å²) in [7, 11) is 0. The predicted octanol–water partition coefficient (Wildman–Crippen LogP) is 3.20. The van der Waals surface area contributed by atoms with Gasteiger partial charge in [0.25, 0.3) is 5.78 Å². The summed E-state index contributed by atoms with van der Waals surface area (Å²) in [6, 6.07) is 10.1. The van der Waals surface area contributed by atoms with Crippen molar-refractivity contribution in [2.75, 3.05) is 11.4 Å². The molecule has 26 heavy (non-hydrogen) atoms. The van der Waals surface area contributed by atoms with Crippen LogP contribution in [0.2, 0.25) is 0 Å². The summed E-state index contributed by atoms with van der Waals surface area (Å²) < 4.78 is 1.72. The highest BCUT2D eigenvalue weighted by atomic mass is 32.2. The van der Waals surface area contributed by atoms with E-state index in [1.807, 2.05) is 49.9 Å². The number of hydrogen-bond donors (Lipinski definition) is 0. The number of rotatable bonds is 3. The zero-order valence-corrected chi connectivity index (χ0v) is 16.0. The molecule has 134 valence electrons. The van der Waals surface area contributed by atoms with Crippen LogP contribution >= 0.6 is 11.8 Å². The number of para-hydroxylation sites is 1. The van der Waals surface area contributed by atoms with Gasteiger partial charge in [-0.05, 0) is 51.3 Å². The number of aromatic nitrogens is 4. The number of anilines is 1. The van der Waals surface area contributed by atoms with Crippen molar-refractivity contribution < 1.29 is 4.79 Å². The molecule has 4 rings (SSSR count). The third-order valence-corrected chi connectivity index (χ3v) is 5.54. The molecule has 1 atom stereocenters. The lowest BCUT2D eigenvalue weighted by Crippen LogP contribution is -2.40. The third kappa shape index (κ3) is 3.07. The molecule has 0 radical (unpaired) electrons. The van der Waals surface area contributed by atoms with Crippen molar-refractivity contribution in [3.63, 3.8) is 0 Å². The van der Waals surface area contributed by atoms with Crippen LogP contribution in [-0.2, 0) is 11.2 Å². The summed E-state index contributed by atoms with van der Waals surface area (Å²) in [5.74, 6) is 0.676. The molecule has 1 aliphatic rings. The Bertz CT molecular complexity index is 983. The van der Waals surface area contributed by atoms with Crippen LogP contribution in [0.5, 0.6) is 0 Å². The average molecular weight is 367 g/mol. The molecule has 0 saturated heterocycles. The number of carbonyl (C=O) groups excluding carboxylic acids is 1. The van der Waals surface area contributed by atoms with E-state index in [2.05, 4.69) is 21.1 Å². The zero-order chi connectivity index (χ0) is 18.3. The van der Waals surface area contributed by atoms with Crippen LogP contribution in [-0.4, -0.2) is 37.3 Å². The van der Waals surface area contributed by atoms with Gasteiger partial charge in [-0.1, -0.05) is 30.0 Å². The Morgan fingerprint density at radius 1 is 1.23 bits per heavy atom. The van der Waals surface area contributed by atoms with Crippen LogP contribution in [0.15, 0.2) is 35.5 Å². The minimum atomic E-state index is -0.264. The minimum absolute atomic E-state index is 0.0990. The smallest absolute Gasteiger partial charge is 0.253 e. The molecule has 3 aromatic rings. The molecule has 6 nitrogen and oxygen atoms in total. The summed E-state index contributed by atoms with van der Waals surface area (Å²) in [6.07, 6.45) is 2.02. The number of aryl methyl sites for hydroxylation is 3. The first kappa shape index (κ1) is 17.0. The maximum Gasteiger partial charge on any atom is 0.253 e. The van der Waals surface area contributed by atoms with Gasteiger partial charge >= 0.3 is 0 Å². The number of carbonyl (C=O) groups is 1. The molecule has 7 heteroatoms. The quantitative estimate of drug-likeness (QED) is 0.665. The van der Waals surface area contributed by atoms with Gasteiger partial charge in [0, 0.05) is 23.6 Å². The van der Waals surface area contributed by atoms with E-state index in [1.54, 1.807) is 4.52 Å². The first-order chi connectivity index (χ1) is 12.5. The summed E-state index contributed by atoms with van der Waals surface area (Å²) in [5, 5.41) is 4.82. The number of hydrogen-bond acceptors (Lipinski definition) is 5. The molecule has 1 amide bonds. The van der Waals surface area contributed by atoms with Crippen LogP contribution in [0.4, 0.5) is 5.69 Å². The molecule has 0 aliphatic carbocycles. The second-order valence-corrected chi connectivity index (χ2v) is 7.94. The van der Waals surface area contributed by atoms with Crippen molar-refractivity contribution in [1.29, 1.82) is 0 Å². The van der Waals surface area contributed by atoms with Crippen molar-refractivity contribution in [3.8, 4) is 0 Å². The van der Waals surface area contributed by atoms with Gasteiger partial charge < -0.3 is 4.90 Å². The van der Waals surface area contributed by atoms with Crippen LogP contribution in [0.3, 0.4) is 0 Å². The van der Waals surface area contributed by atoms with Gasteiger partial charge in [-0.25, -0.2) is 9.50 Å². The predicted molar refractivity (Wildman–Crippen MR) is 103 cm³/mol. The van der Waals surface area contributed by atoms with Crippen molar-refractivity contribution in [2.45, 2.75) is 44.0 Å². The molecular formula is C19H21N5OS. The highest BCUT2D eigenvalue weighted by molar-refractivity contribution is 8.00. The fourth-order valence-electron chi connectivity index (χ4n) is 3.39. The summed E-state index contributed by atoms with van der Waals surface area (Å²) >= 11 is 1.39. The lowest BCUT2D eigenvalue weighted by atomic mass is 10.0. The lowest BCUT2D eigenvalue weighted by molar-refractivity contribution is -0.117. The largest absolute Gasteiger partial charge is 0.311 e. The molecule has 2 aromatic heterocycles. The molecule has 0 unspecified atom stereocenters. The monoisotopic (exact) mass is 367 g/mol. The lowest BCUT2D eigenvalue weighted by Gasteiger charge is -2.31. The first-order valence-corrected chi connectivity index (χ1v) is 9.68. The van der Waals surface area contributed by atoms with Crippen molar-refractivity contribution >= 4 is 29.1 Å². The second kappa shape index (κ2) is 6.72. The molecule has 0 N–H and O–H groups in total. The number of fused-ring (bicyclic) bond motifs is 2. The van der Waals surface area contributed by atoms with Gasteiger partial charge in [0.2, 0.25) is 11.1 Å². The highest BCUT2D eigenvalue weighted by Gasteiger charge is 2.27. The van der Waals surface area contributed by atoms with E-state index >= 15 is 0 Å². The van der Waals surface area contributed by atoms with Crippen LogP contribution < -0.4 is 4.90 Å². The summed E-state index contributed by atoms with van der Waals surface area (Å²) in [6.45, 7) is 6.60. The van der Waals surface area contributed by atoms with Crippen molar-refractivity contribution in [3.05, 3.63) is 47.3 Å². The van der Waals surface area contributed by atoms with E-state index < -0.39 is 0 Å². The van der Waals surface area contributed by atoms with Crippen LogP contribution in [0.1, 0.15) is 30.3 Å². The zero-order valence-electron chi connectivity index (χ0n) is 15.1. The molecule has 1 aliphatic heterocycles. The third-order valence-electron chi connectivity index (χ3n) is 4.61. The Kier molecular flexibility index (Phi) is 4.40. The molecule has 0 bridgehead atoms. The van der Waals surface area contributed by atoms with Gasteiger partial charge in [0.1, 0.15) is 0 Å². The number of thioether (sulfide) groups is 1. The minimum Gasteiger partial charge on any atom is -0.311 e. The van der Waals surface area contributed by atoms with E-state index in [4.69, 9.17) is 0 Å². The van der Waals surface area contributed by atoms with Gasteiger partial charge in [0.05, 0.1) is 5.25 Å². The molecule has 1 aromatic carbocycles. The fraction of sp³-hybridized carbons (Fsp3) is 0.368. The maximum absolute atomic E-state index is 13.0. The second-order valence-electron chi connectivity index (χ2n) is 6.63. The van der Waals surface area contributed by atoms with Gasteiger partial charge in [0.15, 0.2) is 0 Å². The fourth-order valence-corrected chi connectivity index (χ4v) is 4.20. The standard InChI is InChI=1S/C19H21N5OS/c1-12-11-13(2)24-18(20-12)21-19(22-24)26-14(3)17(25)23-10-6-8-15-7-4-5-9-16(15)23/h4-5,7,9,11,14H,6,8,10H2,1-3H3/t14-/m0/s1. The Morgan fingerprint density at radius 2 is 2.04 bits per heavy atom. The maximum atomic E-state index is 13.0. The van der Waals surface area contributed by atoms with E-state index in [-0.39, 0.29) is 11.2 Å². The molecule has 3 heterocycles. The number of amides is 1. The Morgan fingerprint density at radius 3 is 2.88 bits per heavy atom. The van der Waals surface area contributed by atoms with E-state index in [0.29, 0.717) is 10.9 Å². The van der Waals surface area contributed by atoms with Crippen LogP contribution in [0, 0.1) is 13.8 Å². The Hall–Kier alpha value is -2.41. The van der Waals surface area contributed by atoms with E-state index in [9.17, 15) is 4.79 Å². The highest BCUT2D eigenvalue weighted by Crippen LogP contribution is 2.30. The molecular weight excluding hydrogens is 346 g/mol. The van der Waals surface area contributed by atoms with E-state index in [1.165, 1.54) is 17.3 Å². The first-order valence-electron chi connectivity index (χ1n) is 8.80. The van der Waals surface area contributed by atoms with Gasteiger partial charge in [-0.3, -0.25) is 4.79 Å². The number of benzene rings is 1. The molecule has 0 fully saturated rings. The molecule has 0 spiro atoms. The van der Waals surface area contributed by atoms with Crippen molar-refractivity contribution in [2.24, 2.45) is 0 Å².